The molecule has 25 heavy (non-hydrogen) atoms. The van der Waals surface area contributed by atoms with Crippen molar-refractivity contribution < 1.29 is 9.53 Å². The van der Waals surface area contributed by atoms with Crippen molar-refractivity contribution in [2.75, 3.05) is 13.1 Å². The summed E-state index contributed by atoms with van der Waals surface area (Å²) in [6.07, 6.45) is 3.69. The zero-order valence-electron chi connectivity index (χ0n) is 14.7. The van der Waals surface area contributed by atoms with Gasteiger partial charge < -0.3 is 9.64 Å². The number of hydrogen-bond donors (Lipinski definition) is 0. The summed E-state index contributed by atoms with van der Waals surface area (Å²) in [5.41, 5.74) is 0.947. The number of nitrogens with zero attached hydrogens (tertiary/aromatic N) is 2. The van der Waals surface area contributed by atoms with E-state index in [0.717, 1.165) is 42.3 Å². The Morgan fingerprint density at radius 3 is 2.60 bits per heavy atom. The van der Waals surface area contributed by atoms with E-state index in [2.05, 4.69) is 6.07 Å². The van der Waals surface area contributed by atoms with Gasteiger partial charge in [-0.05, 0) is 49.6 Å². The number of nitriles is 1. The monoisotopic (exact) mass is 334 g/mol. The first kappa shape index (κ1) is 17.0. The van der Waals surface area contributed by atoms with Crippen LogP contribution in [0.3, 0.4) is 0 Å². The van der Waals surface area contributed by atoms with Gasteiger partial charge in [0.2, 0.25) is 0 Å². The topological polar surface area (TPSA) is 53.3 Å². The first-order valence-corrected chi connectivity index (χ1v) is 8.69. The van der Waals surface area contributed by atoms with Gasteiger partial charge in [0, 0.05) is 18.7 Å². The highest BCUT2D eigenvalue weighted by molar-refractivity contribution is 6.05. The van der Waals surface area contributed by atoms with E-state index in [-0.39, 0.29) is 17.6 Å². The highest BCUT2D eigenvalue weighted by atomic mass is 16.5. The molecule has 0 aliphatic carbocycles. The third-order valence-electron chi connectivity index (χ3n) is 4.33. The highest BCUT2D eigenvalue weighted by Gasteiger charge is 2.22. The molecule has 4 nitrogen and oxygen atoms in total. The summed E-state index contributed by atoms with van der Waals surface area (Å²) in [7, 11) is 0. The molecule has 0 bridgehead atoms. The van der Waals surface area contributed by atoms with Crippen molar-refractivity contribution in [2.24, 2.45) is 0 Å². The second-order valence-corrected chi connectivity index (χ2v) is 6.53. The van der Waals surface area contributed by atoms with Crippen molar-refractivity contribution in [3.8, 4) is 11.8 Å². The lowest BCUT2D eigenvalue weighted by molar-refractivity contribution is -0.125. The fraction of sp³-hybridized carbons (Fsp3) is 0.333. The fourth-order valence-corrected chi connectivity index (χ4v) is 3.16. The average molecular weight is 334 g/mol. The molecule has 128 valence electrons. The van der Waals surface area contributed by atoms with Crippen LogP contribution in [-0.2, 0) is 4.79 Å². The minimum Gasteiger partial charge on any atom is -0.490 e. The zero-order valence-corrected chi connectivity index (χ0v) is 14.7. The van der Waals surface area contributed by atoms with Crippen molar-refractivity contribution in [3.05, 3.63) is 47.5 Å². The molecule has 1 fully saturated rings. The molecule has 1 saturated heterocycles. The van der Waals surface area contributed by atoms with Gasteiger partial charge in [0.15, 0.2) is 0 Å². The van der Waals surface area contributed by atoms with E-state index >= 15 is 0 Å². The van der Waals surface area contributed by atoms with E-state index in [4.69, 9.17) is 4.74 Å². The molecule has 4 heteroatoms. The number of likely N-dealkylation sites (tertiary alicyclic amines) is 1. The summed E-state index contributed by atoms with van der Waals surface area (Å²) in [4.78, 5) is 14.4. The molecule has 1 aliphatic rings. The van der Waals surface area contributed by atoms with Crippen LogP contribution < -0.4 is 4.74 Å². The summed E-state index contributed by atoms with van der Waals surface area (Å²) in [5, 5.41) is 11.6. The molecular formula is C21H22N2O2. The minimum atomic E-state index is -0.191. The van der Waals surface area contributed by atoms with E-state index in [1.54, 1.807) is 11.0 Å². The molecule has 2 aromatic rings. The van der Waals surface area contributed by atoms with Crippen LogP contribution in [-0.4, -0.2) is 30.0 Å². The standard InChI is InChI=1S/C21H22N2O2/c1-15(2)25-20-10-9-16-7-3-4-8-18(16)19(20)13-17(14-22)21(24)23-11-5-6-12-23/h3-4,7-10,13,15H,5-6,11-12H2,1-2H3/b17-13+. The van der Waals surface area contributed by atoms with Gasteiger partial charge in [-0.1, -0.05) is 30.3 Å². The summed E-state index contributed by atoms with van der Waals surface area (Å²) in [5.74, 6) is 0.499. The van der Waals surface area contributed by atoms with Crippen LogP contribution in [0.5, 0.6) is 5.75 Å². The molecule has 3 rings (SSSR count). The summed E-state index contributed by atoms with van der Waals surface area (Å²) in [6, 6.07) is 13.9. The summed E-state index contributed by atoms with van der Waals surface area (Å²) >= 11 is 0. The second kappa shape index (κ2) is 7.40. The van der Waals surface area contributed by atoms with Gasteiger partial charge in [-0.15, -0.1) is 0 Å². The van der Waals surface area contributed by atoms with E-state index in [0.29, 0.717) is 5.75 Å². The van der Waals surface area contributed by atoms with Crippen molar-refractivity contribution in [1.82, 2.24) is 4.90 Å². The minimum absolute atomic E-state index is 0.00753. The van der Waals surface area contributed by atoms with Crippen molar-refractivity contribution in [3.63, 3.8) is 0 Å². The predicted molar refractivity (Wildman–Crippen MR) is 99.1 cm³/mol. The van der Waals surface area contributed by atoms with E-state index in [9.17, 15) is 10.1 Å². The van der Waals surface area contributed by atoms with Gasteiger partial charge in [-0.2, -0.15) is 5.26 Å². The fourth-order valence-electron chi connectivity index (χ4n) is 3.16. The Kier molecular flexibility index (Phi) is 5.04. The molecule has 0 radical (unpaired) electrons. The normalized spacial score (nSPS) is 14.8. The largest absolute Gasteiger partial charge is 0.490 e. The van der Waals surface area contributed by atoms with E-state index < -0.39 is 0 Å². The Labute approximate surface area is 148 Å². The number of rotatable bonds is 4. The van der Waals surface area contributed by atoms with Gasteiger partial charge in [-0.25, -0.2) is 0 Å². The van der Waals surface area contributed by atoms with Crippen molar-refractivity contribution >= 4 is 22.8 Å². The molecule has 0 N–H and O–H groups in total. The maximum atomic E-state index is 12.6. The van der Waals surface area contributed by atoms with Gasteiger partial charge in [-0.3, -0.25) is 4.79 Å². The Morgan fingerprint density at radius 2 is 1.92 bits per heavy atom. The van der Waals surface area contributed by atoms with Crippen LogP contribution in [0.1, 0.15) is 32.3 Å². The number of hydrogen-bond acceptors (Lipinski definition) is 3. The first-order chi connectivity index (χ1) is 12.1. The third kappa shape index (κ3) is 3.66. The Hall–Kier alpha value is -2.80. The molecule has 0 spiro atoms. The number of carbonyl (C=O) groups is 1. The Bertz CT molecular complexity index is 856. The average Bonchev–Trinajstić information content (AvgIpc) is 3.14. The van der Waals surface area contributed by atoms with Gasteiger partial charge in [0.05, 0.1) is 6.10 Å². The van der Waals surface area contributed by atoms with Crippen LogP contribution in [0.4, 0.5) is 0 Å². The van der Waals surface area contributed by atoms with Crippen LogP contribution in [0.25, 0.3) is 16.8 Å². The van der Waals surface area contributed by atoms with Crippen molar-refractivity contribution in [2.45, 2.75) is 32.8 Å². The molecule has 0 aromatic heterocycles. The van der Waals surface area contributed by atoms with Gasteiger partial charge >= 0.3 is 0 Å². The molecule has 0 unspecified atom stereocenters. The van der Waals surface area contributed by atoms with E-state index in [1.165, 1.54) is 0 Å². The molecule has 0 atom stereocenters. The SMILES string of the molecule is CC(C)Oc1ccc2ccccc2c1/C=C(\C#N)C(=O)N1CCCC1. The van der Waals surface area contributed by atoms with Crippen LogP contribution in [0.2, 0.25) is 0 Å². The Morgan fingerprint density at radius 1 is 1.20 bits per heavy atom. The first-order valence-electron chi connectivity index (χ1n) is 8.69. The lowest BCUT2D eigenvalue weighted by Gasteiger charge is -2.17. The predicted octanol–water partition coefficient (Wildman–Crippen LogP) is 4.16. The molecule has 1 heterocycles. The summed E-state index contributed by atoms with van der Waals surface area (Å²) in [6.45, 7) is 5.37. The number of amides is 1. The van der Waals surface area contributed by atoms with E-state index in [1.807, 2.05) is 50.2 Å². The number of carbonyl (C=O) groups excluding carboxylic acids is 1. The van der Waals surface area contributed by atoms with Gasteiger partial charge in [0.25, 0.3) is 5.91 Å². The maximum Gasteiger partial charge on any atom is 0.264 e. The Balaban J connectivity index is 2.11. The lowest BCUT2D eigenvalue weighted by Crippen LogP contribution is -2.28. The van der Waals surface area contributed by atoms with Crippen molar-refractivity contribution in [1.29, 1.82) is 5.26 Å². The smallest absolute Gasteiger partial charge is 0.264 e. The van der Waals surface area contributed by atoms with Crippen LogP contribution in [0, 0.1) is 11.3 Å². The molecule has 2 aromatic carbocycles. The molecule has 1 amide bonds. The molecule has 0 saturated carbocycles. The van der Waals surface area contributed by atoms with Crippen LogP contribution in [0.15, 0.2) is 42.0 Å². The number of fused-ring (bicyclic) bond motifs is 1. The van der Waals surface area contributed by atoms with Gasteiger partial charge in [0.1, 0.15) is 17.4 Å². The quantitative estimate of drug-likeness (QED) is 0.623. The molecular weight excluding hydrogens is 312 g/mol. The number of benzene rings is 2. The summed E-state index contributed by atoms with van der Waals surface area (Å²) < 4.78 is 5.93. The second-order valence-electron chi connectivity index (χ2n) is 6.53. The van der Waals surface area contributed by atoms with Crippen LogP contribution >= 0.6 is 0 Å². The highest BCUT2D eigenvalue weighted by Crippen LogP contribution is 2.31. The third-order valence-corrected chi connectivity index (χ3v) is 4.33. The maximum absolute atomic E-state index is 12.6. The number of ether oxygens (including phenoxy) is 1. The molecule has 1 aliphatic heterocycles. The zero-order chi connectivity index (χ0) is 17.8. The lowest BCUT2D eigenvalue weighted by atomic mass is 10.0.